The Labute approximate surface area is 152 Å². The molecule has 1 aromatic carbocycles. The number of nitrogens with one attached hydrogen (secondary N) is 1. The van der Waals surface area contributed by atoms with Crippen LogP contribution in [0, 0.1) is 6.92 Å². The number of rotatable bonds is 5. The number of anilines is 1. The van der Waals surface area contributed by atoms with Crippen molar-refractivity contribution in [3.63, 3.8) is 0 Å². The van der Waals surface area contributed by atoms with Crippen LogP contribution in [-0.4, -0.2) is 32.0 Å². The van der Waals surface area contributed by atoms with Crippen LogP contribution < -0.4 is 4.90 Å². The predicted molar refractivity (Wildman–Crippen MR) is 102 cm³/mol. The minimum absolute atomic E-state index is 0.778. The van der Waals surface area contributed by atoms with E-state index in [0.29, 0.717) is 0 Å². The van der Waals surface area contributed by atoms with Gasteiger partial charge in [0, 0.05) is 43.4 Å². The number of aromatic amines is 1. The van der Waals surface area contributed by atoms with E-state index in [-0.39, 0.29) is 0 Å². The first-order valence-electron chi connectivity index (χ1n) is 8.47. The molecular formula is C20H20N6. The SMILES string of the molecule is Cc1[nH]ncc1-c1ccnc(N(C)Cc2ccc(-n3cccn3)cc2)c1. The second kappa shape index (κ2) is 6.84. The summed E-state index contributed by atoms with van der Waals surface area (Å²) in [6.45, 7) is 2.80. The van der Waals surface area contributed by atoms with Crippen LogP contribution in [0.1, 0.15) is 11.3 Å². The Bertz CT molecular complexity index is 985. The summed E-state index contributed by atoms with van der Waals surface area (Å²) in [5.74, 6) is 0.930. The van der Waals surface area contributed by atoms with E-state index < -0.39 is 0 Å². The van der Waals surface area contributed by atoms with Gasteiger partial charge in [-0.3, -0.25) is 5.10 Å². The summed E-state index contributed by atoms with van der Waals surface area (Å²) in [7, 11) is 2.05. The van der Waals surface area contributed by atoms with Crippen molar-refractivity contribution in [3.05, 3.63) is 78.5 Å². The molecule has 130 valence electrons. The van der Waals surface area contributed by atoms with Crippen molar-refractivity contribution in [1.82, 2.24) is 25.0 Å². The lowest BCUT2D eigenvalue weighted by Crippen LogP contribution is -2.17. The fourth-order valence-electron chi connectivity index (χ4n) is 2.97. The van der Waals surface area contributed by atoms with Crippen molar-refractivity contribution in [2.45, 2.75) is 13.5 Å². The quantitative estimate of drug-likeness (QED) is 0.601. The predicted octanol–water partition coefficient (Wildman–Crippen LogP) is 3.60. The van der Waals surface area contributed by atoms with Crippen LogP contribution in [0.2, 0.25) is 0 Å². The topological polar surface area (TPSA) is 62.6 Å². The van der Waals surface area contributed by atoms with Gasteiger partial charge < -0.3 is 4.90 Å². The second-order valence-corrected chi connectivity index (χ2v) is 6.28. The van der Waals surface area contributed by atoms with Crippen LogP contribution >= 0.6 is 0 Å². The number of hydrogen-bond acceptors (Lipinski definition) is 4. The minimum Gasteiger partial charge on any atom is -0.355 e. The van der Waals surface area contributed by atoms with Crippen LogP contribution in [0.25, 0.3) is 16.8 Å². The van der Waals surface area contributed by atoms with Gasteiger partial charge in [0.1, 0.15) is 5.82 Å². The standard InChI is InChI=1S/C20H20N6/c1-15-19(13-22-24-15)17-8-10-21-20(12-17)25(2)14-16-4-6-18(7-5-16)26-11-3-9-23-26/h3-13H,14H2,1-2H3,(H,22,24). The van der Waals surface area contributed by atoms with Crippen LogP contribution in [0.5, 0.6) is 0 Å². The van der Waals surface area contributed by atoms with Gasteiger partial charge in [-0.2, -0.15) is 10.2 Å². The van der Waals surface area contributed by atoms with E-state index in [1.807, 2.05) is 42.3 Å². The number of aromatic nitrogens is 5. The molecule has 0 fully saturated rings. The van der Waals surface area contributed by atoms with Crippen LogP contribution in [0.3, 0.4) is 0 Å². The van der Waals surface area contributed by atoms with Crippen molar-refractivity contribution >= 4 is 5.82 Å². The van der Waals surface area contributed by atoms with E-state index in [4.69, 9.17) is 0 Å². The molecule has 0 unspecified atom stereocenters. The molecule has 0 amide bonds. The molecule has 4 aromatic rings. The molecule has 0 atom stereocenters. The number of benzene rings is 1. The van der Waals surface area contributed by atoms with Gasteiger partial charge in [-0.25, -0.2) is 9.67 Å². The third-order valence-electron chi connectivity index (χ3n) is 4.40. The van der Waals surface area contributed by atoms with Gasteiger partial charge in [0.05, 0.1) is 11.9 Å². The lowest BCUT2D eigenvalue weighted by Gasteiger charge is -2.19. The highest BCUT2D eigenvalue weighted by molar-refractivity contribution is 5.67. The maximum absolute atomic E-state index is 4.51. The highest BCUT2D eigenvalue weighted by Crippen LogP contribution is 2.24. The maximum atomic E-state index is 4.51. The molecule has 6 nitrogen and oxygen atoms in total. The fourth-order valence-corrected chi connectivity index (χ4v) is 2.97. The van der Waals surface area contributed by atoms with Crippen LogP contribution in [-0.2, 0) is 6.54 Å². The van der Waals surface area contributed by atoms with Gasteiger partial charge in [-0.05, 0) is 48.4 Å². The molecule has 0 aliphatic rings. The highest BCUT2D eigenvalue weighted by Gasteiger charge is 2.09. The van der Waals surface area contributed by atoms with Gasteiger partial charge in [0.15, 0.2) is 0 Å². The third-order valence-corrected chi connectivity index (χ3v) is 4.40. The Morgan fingerprint density at radius 3 is 2.65 bits per heavy atom. The fraction of sp³-hybridized carbons (Fsp3) is 0.150. The molecule has 0 saturated heterocycles. The molecule has 4 rings (SSSR count). The Morgan fingerprint density at radius 2 is 1.96 bits per heavy atom. The summed E-state index contributed by atoms with van der Waals surface area (Å²) in [5, 5.41) is 11.3. The normalized spacial score (nSPS) is 10.8. The summed E-state index contributed by atoms with van der Waals surface area (Å²) in [6, 6.07) is 14.4. The molecule has 0 saturated carbocycles. The minimum atomic E-state index is 0.778. The molecule has 0 radical (unpaired) electrons. The number of pyridine rings is 1. The summed E-state index contributed by atoms with van der Waals surface area (Å²) in [5.41, 5.74) is 5.54. The van der Waals surface area contributed by atoms with Gasteiger partial charge in [-0.1, -0.05) is 12.1 Å². The summed E-state index contributed by atoms with van der Waals surface area (Å²) >= 11 is 0. The van der Waals surface area contributed by atoms with E-state index in [2.05, 4.69) is 62.6 Å². The lowest BCUT2D eigenvalue weighted by molar-refractivity contribution is 0.871. The second-order valence-electron chi connectivity index (χ2n) is 6.28. The third kappa shape index (κ3) is 3.21. The molecule has 0 aliphatic heterocycles. The zero-order valence-corrected chi connectivity index (χ0v) is 14.8. The Kier molecular flexibility index (Phi) is 4.23. The first-order chi connectivity index (χ1) is 12.7. The molecule has 0 aliphatic carbocycles. The van der Waals surface area contributed by atoms with E-state index in [9.17, 15) is 0 Å². The van der Waals surface area contributed by atoms with Gasteiger partial charge in [0.2, 0.25) is 0 Å². The lowest BCUT2D eigenvalue weighted by atomic mass is 10.1. The largest absolute Gasteiger partial charge is 0.355 e. The highest BCUT2D eigenvalue weighted by atomic mass is 15.3. The van der Waals surface area contributed by atoms with E-state index in [1.54, 1.807) is 6.20 Å². The van der Waals surface area contributed by atoms with Crippen molar-refractivity contribution in [1.29, 1.82) is 0 Å². The first-order valence-corrected chi connectivity index (χ1v) is 8.47. The van der Waals surface area contributed by atoms with Gasteiger partial charge >= 0.3 is 0 Å². The van der Waals surface area contributed by atoms with Crippen molar-refractivity contribution in [3.8, 4) is 16.8 Å². The average molecular weight is 344 g/mol. The van der Waals surface area contributed by atoms with E-state index >= 15 is 0 Å². The molecule has 1 N–H and O–H groups in total. The number of H-pyrrole nitrogens is 1. The van der Waals surface area contributed by atoms with Crippen molar-refractivity contribution < 1.29 is 0 Å². The number of nitrogens with zero attached hydrogens (tertiary/aromatic N) is 5. The average Bonchev–Trinajstić information content (AvgIpc) is 3.34. The zero-order valence-electron chi connectivity index (χ0n) is 14.8. The monoisotopic (exact) mass is 344 g/mol. The smallest absolute Gasteiger partial charge is 0.129 e. The van der Waals surface area contributed by atoms with Crippen LogP contribution in [0.15, 0.2) is 67.3 Å². The molecule has 6 heteroatoms. The summed E-state index contributed by atoms with van der Waals surface area (Å²) < 4.78 is 1.85. The molecule has 3 heterocycles. The van der Waals surface area contributed by atoms with Gasteiger partial charge in [-0.15, -0.1) is 0 Å². The number of aryl methyl sites for hydroxylation is 1. The van der Waals surface area contributed by atoms with E-state index in [0.717, 1.165) is 34.9 Å². The summed E-state index contributed by atoms with van der Waals surface area (Å²) in [6.07, 6.45) is 7.41. The molecule has 3 aromatic heterocycles. The number of hydrogen-bond donors (Lipinski definition) is 1. The molecule has 26 heavy (non-hydrogen) atoms. The maximum Gasteiger partial charge on any atom is 0.129 e. The Morgan fingerprint density at radius 1 is 1.12 bits per heavy atom. The zero-order chi connectivity index (χ0) is 17.9. The molecular weight excluding hydrogens is 324 g/mol. The first kappa shape index (κ1) is 16.1. The molecule has 0 bridgehead atoms. The van der Waals surface area contributed by atoms with Crippen molar-refractivity contribution in [2.75, 3.05) is 11.9 Å². The van der Waals surface area contributed by atoms with Crippen LogP contribution in [0.4, 0.5) is 5.82 Å². The Hall–Kier alpha value is -3.41. The summed E-state index contributed by atoms with van der Waals surface area (Å²) in [4.78, 5) is 6.66. The van der Waals surface area contributed by atoms with Gasteiger partial charge in [0.25, 0.3) is 0 Å². The van der Waals surface area contributed by atoms with Crippen molar-refractivity contribution in [2.24, 2.45) is 0 Å². The molecule has 0 spiro atoms. The Balaban J connectivity index is 1.51. The van der Waals surface area contributed by atoms with E-state index in [1.165, 1.54) is 5.56 Å².